The van der Waals surface area contributed by atoms with Crippen LogP contribution in [0.2, 0.25) is 0 Å². The quantitative estimate of drug-likeness (QED) is 0.761. The van der Waals surface area contributed by atoms with Gasteiger partial charge in [0, 0.05) is 23.6 Å². The first-order valence-electron chi connectivity index (χ1n) is 6.83. The fourth-order valence-electron chi connectivity index (χ4n) is 2.65. The van der Waals surface area contributed by atoms with E-state index in [4.69, 9.17) is 5.11 Å². The lowest BCUT2D eigenvalue weighted by Gasteiger charge is -2.04. The van der Waals surface area contributed by atoms with Crippen LogP contribution in [-0.2, 0) is 11.2 Å². The highest BCUT2D eigenvalue weighted by Crippen LogP contribution is 2.33. The Morgan fingerprint density at radius 1 is 1.14 bits per heavy atom. The van der Waals surface area contributed by atoms with Gasteiger partial charge in [-0.3, -0.25) is 4.79 Å². The van der Waals surface area contributed by atoms with Gasteiger partial charge in [-0.25, -0.2) is 8.78 Å². The van der Waals surface area contributed by atoms with Crippen molar-refractivity contribution in [3.63, 3.8) is 0 Å². The highest BCUT2D eigenvalue weighted by atomic mass is 19.1. The molecule has 0 saturated carbocycles. The average molecular weight is 301 g/mol. The van der Waals surface area contributed by atoms with E-state index in [1.807, 2.05) is 30.3 Å². The SMILES string of the molecule is O=C(O)CCc1c(-c2ccccc2)[nH]c2cc(F)cc(F)c12. The minimum atomic E-state index is -0.962. The topological polar surface area (TPSA) is 53.1 Å². The Hall–Kier alpha value is -2.69. The number of aryl methyl sites for hydroxylation is 1. The molecule has 0 fully saturated rings. The first kappa shape index (κ1) is 14.3. The molecule has 0 atom stereocenters. The van der Waals surface area contributed by atoms with Gasteiger partial charge in [0.15, 0.2) is 0 Å². The maximum absolute atomic E-state index is 14.2. The van der Waals surface area contributed by atoms with E-state index in [-0.39, 0.29) is 18.2 Å². The number of aromatic nitrogens is 1. The zero-order valence-corrected chi connectivity index (χ0v) is 11.6. The number of aromatic amines is 1. The molecule has 3 rings (SSSR count). The molecule has 0 aliphatic carbocycles. The number of hydrogen-bond acceptors (Lipinski definition) is 1. The van der Waals surface area contributed by atoms with Gasteiger partial charge in [0.1, 0.15) is 11.6 Å². The molecule has 5 heteroatoms. The zero-order valence-electron chi connectivity index (χ0n) is 11.6. The van der Waals surface area contributed by atoms with E-state index >= 15 is 0 Å². The second-order valence-corrected chi connectivity index (χ2v) is 5.05. The van der Waals surface area contributed by atoms with E-state index in [0.717, 1.165) is 11.6 Å². The standard InChI is InChI=1S/C17H13F2NO2/c18-11-8-13(19)16-12(6-7-15(21)22)17(20-14(16)9-11)10-4-2-1-3-5-10/h1-5,8-9,20H,6-7H2,(H,21,22). The summed E-state index contributed by atoms with van der Waals surface area (Å²) in [6.45, 7) is 0. The second kappa shape index (κ2) is 5.60. The lowest BCUT2D eigenvalue weighted by atomic mass is 10.0. The number of rotatable bonds is 4. The molecular formula is C17H13F2NO2. The summed E-state index contributed by atoms with van der Waals surface area (Å²) >= 11 is 0. The van der Waals surface area contributed by atoms with Crippen LogP contribution in [0.1, 0.15) is 12.0 Å². The van der Waals surface area contributed by atoms with Crippen LogP contribution in [0.4, 0.5) is 8.78 Å². The van der Waals surface area contributed by atoms with Gasteiger partial charge in [-0.15, -0.1) is 0 Å². The van der Waals surface area contributed by atoms with E-state index in [1.165, 1.54) is 6.07 Å². The number of halogens is 2. The Morgan fingerprint density at radius 3 is 2.55 bits per heavy atom. The summed E-state index contributed by atoms with van der Waals surface area (Å²) in [5, 5.41) is 9.15. The second-order valence-electron chi connectivity index (χ2n) is 5.05. The van der Waals surface area contributed by atoms with Crippen molar-refractivity contribution in [1.82, 2.24) is 4.98 Å². The Kier molecular flexibility index (Phi) is 3.63. The molecule has 2 N–H and O–H groups in total. The van der Waals surface area contributed by atoms with E-state index < -0.39 is 17.6 Å². The van der Waals surface area contributed by atoms with Gasteiger partial charge in [-0.1, -0.05) is 30.3 Å². The van der Waals surface area contributed by atoms with Crippen molar-refractivity contribution < 1.29 is 18.7 Å². The lowest BCUT2D eigenvalue weighted by Crippen LogP contribution is -1.98. The summed E-state index contributed by atoms with van der Waals surface area (Å²) in [6.07, 6.45) is 0.0473. The van der Waals surface area contributed by atoms with Gasteiger partial charge in [0.25, 0.3) is 0 Å². The number of fused-ring (bicyclic) bond motifs is 1. The lowest BCUT2D eigenvalue weighted by molar-refractivity contribution is -0.136. The smallest absolute Gasteiger partial charge is 0.303 e. The number of nitrogens with one attached hydrogen (secondary N) is 1. The molecule has 0 radical (unpaired) electrons. The Bertz CT molecular complexity index is 841. The monoisotopic (exact) mass is 301 g/mol. The van der Waals surface area contributed by atoms with Crippen molar-refractivity contribution in [2.75, 3.05) is 0 Å². The third kappa shape index (κ3) is 2.57. The molecule has 0 saturated heterocycles. The number of carbonyl (C=O) groups is 1. The zero-order chi connectivity index (χ0) is 15.7. The maximum Gasteiger partial charge on any atom is 0.303 e. The molecule has 3 aromatic rings. The van der Waals surface area contributed by atoms with E-state index in [2.05, 4.69) is 4.98 Å². The van der Waals surface area contributed by atoms with Crippen molar-refractivity contribution in [1.29, 1.82) is 0 Å². The molecule has 2 aromatic carbocycles. The molecule has 0 unspecified atom stereocenters. The maximum atomic E-state index is 14.2. The number of aliphatic carboxylic acids is 1. The predicted molar refractivity (Wildman–Crippen MR) is 79.6 cm³/mol. The molecule has 1 heterocycles. The van der Waals surface area contributed by atoms with Crippen LogP contribution < -0.4 is 0 Å². The normalized spacial score (nSPS) is 11.0. The molecule has 1 aromatic heterocycles. The fourth-order valence-corrected chi connectivity index (χ4v) is 2.65. The van der Waals surface area contributed by atoms with Crippen molar-refractivity contribution in [3.05, 3.63) is 59.7 Å². The predicted octanol–water partition coefficient (Wildman–Crippen LogP) is 4.13. The minimum absolute atomic E-state index is 0.121. The van der Waals surface area contributed by atoms with Crippen LogP contribution in [-0.4, -0.2) is 16.1 Å². The first-order valence-corrected chi connectivity index (χ1v) is 6.83. The van der Waals surface area contributed by atoms with E-state index in [1.54, 1.807) is 0 Å². The summed E-state index contributed by atoms with van der Waals surface area (Å²) in [5.41, 5.74) is 2.32. The molecule has 0 aliphatic heterocycles. The van der Waals surface area contributed by atoms with Gasteiger partial charge < -0.3 is 10.1 Å². The number of benzene rings is 2. The van der Waals surface area contributed by atoms with E-state index in [9.17, 15) is 13.6 Å². The average Bonchev–Trinajstić information content (AvgIpc) is 2.84. The molecule has 0 aliphatic rings. The highest BCUT2D eigenvalue weighted by molar-refractivity contribution is 5.91. The molecular weight excluding hydrogens is 288 g/mol. The number of hydrogen-bond donors (Lipinski definition) is 2. The van der Waals surface area contributed by atoms with Crippen LogP contribution in [0.25, 0.3) is 22.2 Å². The minimum Gasteiger partial charge on any atom is -0.481 e. The number of carboxylic acid groups (broad SMARTS) is 1. The van der Waals surface area contributed by atoms with Crippen LogP contribution in [0.15, 0.2) is 42.5 Å². The molecule has 112 valence electrons. The van der Waals surface area contributed by atoms with Crippen molar-refractivity contribution in [2.24, 2.45) is 0 Å². The Morgan fingerprint density at radius 2 is 1.86 bits per heavy atom. The summed E-state index contributed by atoms with van der Waals surface area (Å²) in [7, 11) is 0. The molecule has 0 spiro atoms. The van der Waals surface area contributed by atoms with Crippen LogP contribution in [0.5, 0.6) is 0 Å². The van der Waals surface area contributed by atoms with E-state index in [0.29, 0.717) is 16.8 Å². The summed E-state index contributed by atoms with van der Waals surface area (Å²) in [5.74, 6) is -2.32. The van der Waals surface area contributed by atoms with Crippen molar-refractivity contribution in [2.45, 2.75) is 12.8 Å². The molecule has 0 bridgehead atoms. The summed E-state index contributed by atoms with van der Waals surface area (Å²) < 4.78 is 27.6. The summed E-state index contributed by atoms with van der Waals surface area (Å²) in [6, 6.07) is 11.2. The highest BCUT2D eigenvalue weighted by Gasteiger charge is 2.18. The molecule has 0 amide bonds. The van der Waals surface area contributed by atoms with Crippen LogP contribution in [0, 0.1) is 11.6 Å². The number of H-pyrrole nitrogens is 1. The van der Waals surface area contributed by atoms with Crippen molar-refractivity contribution in [3.8, 4) is 11.3 Å². The van der Waals surface area contributed by atoms with Gasteiger partial charge in [0.2, 0.25) is 0 Å². The van der Waals surface area contributed by atoms with Crippen molar-refractivity contribution >= 4 is 16.9 Å². The molecule has 22 heavy (non-hydrogen) atoms. The molecule has 3 nitrogen and oxygen atoms in total. The van der Waals surface area contributed by atoms with Gasteiger partial charge in [-0.05, 0) is 23.6 Å². The number of carboxylic acids is 1. The fraction of sp³-hybridized carbons (Fsp3) is 0.118. The van der Waals surface area contributed by atoms with Gasteiger partial charge in [-0.2, -0.15) is 0 Å². The largest absolute Gasteiger partial charge is 0.481 e. The van der Waals surface area contributed by atoms with Crippen LogP contribution >= 0.6 is 0 Å². The third-order valence-electron chi connectivity index (χ3n) is 3.57. The Labute approximate surface area is 125 Å². The van der Waals surface area contributed by atoms with Gasteiger partial charge in [0.05, 0.1) is 5.52 Å². The third-order valence-corrected chi connectivity index (χ3v) is 3.57. The first-order chi connectivity index (χ1) is 10.6. The summed E-state index contributed by atoms with van der Waals surface area (Å²) in [4.78, 5) is 13.9. The Balaban J connectivity index is 2.24. The van der Waals surface area contributed by atoms with Gasteiger partial charge >= 0.3 is 5.97 Å². The van der Waals surface area contributed by atoms with Crippen LogP contribution in [0.3, 0.4) is 0 Å².